The highest BCUT2D eigenvalue weighted by Crippen LogP contribution is 2.34. The molecule has 1 unspecified atom stereocenters. The van der Waals surface area contributed by atoms with Gasteiger partial charge in [-0.15, -0.1) is 0 Å². The van der Waals surface area contributed by atoms with Gasteiger partial charge < -0.3 is 9.80 Å². The average Bonchev–Trinajstić information content (AvgIpc) is 2.40. The molecule has 6 heteroatoms. The molecule has 3 nitrogen and oxygen atoms in total. The quantitative estimate of drug-likeness (QED) is 0.794. The van der Waals surface area contributed by atoms with E-state index in [1.54, 1.807) is 6.07 Å². The summed E-state index contributed by atoms with van der Waals surface area (Å²) in [6.07, 6.45) is -4.49. The van der Waals surface area contributed by atoms with Crippen LogP contribution in [-0.2, 0) is 6.18 Å². The van der Waals surface area contributed by atoms with Crippen molar-refractivity contribution >= 4 is 5.69 Å². The Morgan fingerprint density at radius 1 is 1.30 bits per heavy atom. The largest absolute Gasteiger partial charge is 0.417 e. The number of halogens is 3. The molecule has 20 heavy (non-hydrogen) atoms. The van der Waals surface area contributed by atoms with Crippen LogP contribution in [0.3, 0.4) is 0 Å². The van der Waals surface area contributed by atoms with Crippen molar-refractivity contribution in [1.82, 2.24) is 4.90 Å². The molecule has 0 radical (unpaired) electrons. The van der Waals surface area contributed by atoms with Gasteiger partial charge in [0.25, 0.3) is 0 Å². The second-order valence-electron chi connectivity index (χ2n) is 5.12. The topological polar surface area (TPSA) is 30.3 Å². The lowest BCUT2D eigenvalue weighted by Gasteiger charge is -2.39. The van der Waals surface area contributed by atoms with Crippen molar-refractivity contribution in [2.45, 2.75) is 19.1 Å². The summed E-state index contributed by atoms with van der Waals surface area (Å²) in [5.74, 6) is 0. The predicted molar refractivity (Wildman–Crippen MR) is 70.5 cm³/mol. The minimum atomic E-state index is -4.49. The molecule has 1 fully saturated rings. The van der Waals surface area contributed by atoms with Crippen molar-refractivity contribution in [1.29, 1.82) is 5.26 Å². The first-order valence-corrected chi connectivity index (χ1v) is 6.39. The van der Waals surface area contributed by atoms with E-state index in [1.807, 2.05) is 11.9 Å². The van der Waals surface area contributed by atoms with Crippen LogP contribution in [0, 0.1) is 11.3 Å². The van der Waals surface area contributed by atoms with Gasteiger partial charge in [-0.3, -0.25) is 0 Å². The predicted octanol–water partition coefficient (Wildman–Crippen LogP) is 2.72. The number of nitriles is 1. The zero-order valence-electron chi connectivity index (χ0n) is 11.4. The van der Waals surface area contributed by atoms with Crippen LogP contribution >= 0.6 is 0 Å². The lowest BCUT2D eigenvalue weighted by atomic mass is 10.1. The van der Waals surface area contributed by atoms with E-state index in [0.29, 0.717) is 11.7 Å². The molecule has 1 saturated heterocycles. The number of likely N-dealkylation sites (N-methyl/N-ethyl adjacent to an activating group) is 1. The summed E-state index contributed by atoms with van der Waals surface area (Å²) in [6.45, 7) is 4.41. The molecule has 1 aromatic rings. The van der Waals surface area contributed by atoms with Crippen molar-refractivity contribution in [2.24, 2.45) is 0 Å². The van der Waals surface area contributed by atoms with Crippen LogP contribution in [0.25, 0.3) is 0 Å². The molecule has 0 saturated carbocycles. The maximum atomic E-state index is 12.8. The van der Waals surface area contributed by atoms with Gasteiger partial charge in [0, 0.05) is 31.4 Å². The number of benzene rings is 1. The van der Waals surface area contributed by atoms with Crippen LogP contribution in [0.15, 0.2) is 18.2 Å². The summed E-state index contributed by atoms with van der Waals surface area (Å²) in [7, 11) is 2.02. The Kier molecular flexibility index (Phi) is 3.91. The van der Waals surface area contributed by atoms with Crippen LogP contribution in [0.4, 0.5) is 18.9 Å². The van der Waals surface area contributed by atoms with E-state index >= 15 is 0 Å². The van der Waals surface area contributed by atoms with Gasteiger partial charge in [0.1, 0.15) is 0 Å². The highest BCUT2D eigenvalue weighted by Gasteiger charge is 2.34. The Morgan fingerprint density at radius 3 is 2.55 bits per heavy atom. The molecule has 1 aromatic carbocycles. The normalized spacial score (nSPS) is 20.8. The standard InChI is InChI=1S/C14H16F3N3/c1-10-9-20(6-5-19(10)2)12-3-4-13(14(15,16)17)11(7-12)8-18/h3-4,7,10H,5-6,9H2,1-2H3. The minimum absolute atomic E-state index is 0.318. The summed E-state index contributed by atoms with van der Waals surface area (Å²) in [5.41, 5.74) is -0.512. The first-order chi connectivity index (χ1) is 9.32. The SMILES string of the molecule is CC1CN(c2ccc(C(F)(F)F)c(C#N)c2)CCN1C. The molecule has 108 valence electrons. The first kappa shape index (κ1) is 14.7. The number of piperazine rings is 1. The number of alkyl halides is 3. The third-order valence-electron chi connectivity index (χ3n) is 3.75. The molecule has 0 amide bonds. The monoisotopic (exact) mass is 283 g/mol. The van der Waals surface area contributed by atoms with Gasteiger partial charge in [0.05, 0.1) is 17.2 Å². The van der Waals surface area contributed by atoms with Crippen LogP contribution in [0.5, 0.6) is 0 Å². The minimum Gasteiger partial charge on any atom is -0.369 e. The zero-order chi connectivity index (χ0) is 14.9. The van der Waals surface area contributed by atoms with Gasteiger partial charge in [-0.1, -0.05) is 0 Å². The maximum absolute atomic E-state index is 12.8. The van der Waals surface area contributed by atoms with Crippen LogP contribution in [0.2, 0.25) is 0 Å². The fourth-order valence-electron chi connectivity index (χ4n) is 2.35. The molecule has 0 bridgehead atoms. The van der Waals surface area contributed by atoms with Gasteiger partial charge in [0.2, 0.25) is 0 Å². The van der Waals surface area contributed by atoms with Crippen LogP contribution < -0.4 is 4.90 Å². The van der Waals surface area contributed by atoms with Crippen molar-refractivity contribution in [2.75, 3.05) is 31.6 Å². The number of rotatable bonds is 1. The van der Waals surface area contributed by atoms with Gasteiger partial charge >= 0.3 is 6.18 Å². The first-order valence-electron chi connectivity index (χ1n) is 6.39. The Bertz CT molecular complexity index is 533. The van der Waals surface area contributed by atoms with Crippen LogP contribution in [0.1, 0.15) is 18.1 Å². The van der Waals surface area contributed by atoms with Crippen molar-refractivity contribution in [3.63, 3.8) is 0 Å². The zero-order valence-corrected chi connectivity index (χ0v) is 11.4. The van der Waals surface area contributed by atoms with Crippen molar-refractivity contribution in [3.8, 4) is 6.07 Å². The number of hydrogen-bond acceptors (Lipinski definition) is 3. The van der Waals surface area contributed by atoms with Gasteiger partial charge in [0.15, 0.2) is 0 Å². The van der Waals surface area contributed by atoms with E-state index in [0.717, 1.165) is 25.7 Å². The third kappa shape index (κ3) is 2.88. The highest BCUT2D eigenvalue weighted by atomic mass is 19.4. The fraction of sp³-hybridized carbons (Fsp3) is 0.500. The molecule has 0 N–H and O–H groups in total. The van der Waals surface area contributed by atoms with Crippen LogP contribution in [-0.4, -0.2) is 37.6 Å². The lowest BCUT2D eigenvalue weighted by Crippen LogP contribution is -2.50. The molecule has 0 aliphatic carbocycles. The Balaban J connectivity index is 2.29. The number of anilines is 1. The Morgan fingerprint density at radius 2 is 2.00 bits per heavy atom. The number of nitrogens with zero attached hydrogens (tertiary/aromatic N) is 3. The number of hydrogen-bond donors (Lipinski definition) is 0. The summed E-state index contributed by atoms with van der Waals surface area (Å²) in [5, 5.41) is 8.92. The molecule has 2 rings (SSSR count). The summed E-state index contributed by atoms with van der Waals surface area (Å²) in [6, 6.07) is 5.75. The van der Waals surface area contributed by atoms with E-state index < -0.39 is 11.7 Å². The molecule has 1 heterocycles. The lowest BCUT2D eigenvalue weighted by molar-refractivity contribution is -0.137. The van der Waals surface area contributed by atoms with Gasteiger partial charge in [-0.25, -0.2) is 0 Å². The van der Waals surface area contributed by atoms with E-state index in [-0.39, 0.29) is 5.56 Å². The van der Waals surface area contributed by atoms with Crippen molar-refractivity contribution < 1.29 is 13.2 Å². The van der Waals surface area contributed by atoms with Gasteiger partial charge in [-0.05, 0) is 32.2 Å². The summed E-state index contributed by atoms with van der Waals surface area (Å²) >= 11 is 0. The Hall–Kier alpha value is -1.74. The van der Waals surface area contributed by atoms with E-state index in [1.165, 1.54) is 12.1 Å². The van der Waals surface area contributed by atoms with E-state index in [2.05, 4.69) is 11.8 Å². The highest BCUT2D eigenvalue weighted by molar-refractivity contribution is 5.55. The maximum Gasteiger partial charge on any atom is 0.417 e. The second kappa shape index (κ2) is 5.33. The van der Waals surface area contributed by atoms with Crippen molar-refractivity contribution in [3.05, 3.63) is 29.3 Å². The second-order valence-corrected chi connectivity index (χ2v) is 5.12. The third-order valence-corrected chi connectivity index (χ3v) is 3.75. The molecule has 0 aromatic heterocycles. The Labute approximate surface area is 116 Å². The fourth-order valence-corrected chi connectivity index (χ4v) is 2.35. The molecule has 1 atom stereocenters. The molecule has 1 aliphatic heterocycles. The van der Waals surface area contributed by atoms with Gasteiger partial charge in [-0.2, -0.15) is 18.4 Å². The molecular weight excluding hydrogens is 267 g/mol. The summed E-state index contributed by atoms with van der Waals surface area (Å²) in [4.78, 5) is 4.22. The van der Waals surface area contributed by atoms with E-state index in [4.69, 9.17) is 5.26 Å². The average molecular weight is 283 g/mol. The smallest absolute Gasteiger partial charge is 0.369 e. The molecule has 0 spiro atoms. The molecule has 1 aliphatic rings. The molecular formula is C14H16F3N3. The van der Waals surface area contributed by atoms with E-state index in [9.17, 15) is 13.2 Å². The summed E-state index contributed by atoms with van der Waals surface area (Å²) < 4.78 is 38.3.